The van der Waals surface area contributed by atoms with Crippen molar-refractivity contribution in [1.29, 1.82) is 0 Å². The van der Waals surface area contributed by atoms with Gasteiger partial charge in [-0.2, -0.15) is 0 Å². The Bertz CT molecular complexity index is 1550. The third kappa shape index (κ3) is 4.53. The standard InChI is InChI=1S/C28H25F2N3O4/c1-37-27-24-21(12-23(30)25(27)32-11-10-20(31)14-32)26(34)22(28(35)36)15-33(24)13-16-2-4-17(5-3-16)18-6-8-19(29)9-7-18/h2-9,12,15,20H,10-11,13-14,31H2,1H3,(H,35,36)/t20-/m1/s1. The molecule has 0 aliphatic carbocycles. The van der Waals surface area contributed by atoms with E-state index in [9.17, 15) is 19.1 Å². The number of carbonyl (C=O) groups is 1. The molecule has 1 atom stereocenters. The lowest BCUT2D eigenvalue weighted by atomic mass is 10.0. The van der Waals surface area contributed by atoms with Crippen LogP contribution in [-0.4, -0.2) is 41.9 Å². The number of halogens is 2. The number of benzene rings is 3. The van der Waals surface area contributed by atoms with Crippen LogP contribution < -0.4 is 20.8 Å². The second-order valence-corrected chi connectivity index (χ2v) is 9.14. The van der Waals surface area contributed by atoms with Crippen LogP contribution in [0.2, 0.25) is 0 Å². The van der Waals surface area contributed by atoms with Crippen molar-refractivity contribution < 1.29 is 23.4 Å². The molecule has 1 aromatic heterocycles. The summed E-state index contributed by atoms with van der Waals surface area (Å²) < 4.78 is 35.9. The highest BCUT2D eigenvalue weighted by molar-refractivity contribution is 5.97. The first kappa shape index (κ1) is 24.5. The first-order valence-electron chi connectivity index (χ1n) is 11.8. The zero-order valence-electron chi connectivity index (χ0n) is 20.1. The van der Waals surface area contributed by atoms with E-state index in [-0.39, 0.29) is 35.2 Å². The Morgan fingerprint density at radius 1 is 1.11 bits per heavy atom. The highest BCUT2D eigenvalue weighted by Gasteiger charge is 2.29. The average molecular weight is 506 g/mol. The van der Waals surface area contributed by atoms with Crippen molar-refractivity contribution in [3.8, 4) is 16.9 Å². The lowest BCUT2D eigenvalue weighted by Crippen LogP contribution is -2.28. The summed E-state index contributed by atoms with van der Waals surface area (Å²) in [6, 6.07) is 14.6. The zero-order chi connectivity index (χ0) is 26.3. The van der Waals surface area contributed by atoms with Crippen molar-refractivity contribution in [1.82, 2.24) is 4.57 Å². The molecule has 1 aliphatic heterocycles. The van der Waals surface area contributed by atoms with E-state index in [2.05, 4.69) is 0 Å². The van der Waals surface area contributed by atoms with Gasteiger partial charge in [-0.1, -0.05) is 36.4 Å². The van der Waals surface area contributed by atoms with Crippen molar-refractivity contribution in [2.24, 2.45) is 5.73 Å². The summed E-state index contributed by atoms with van der Waals surface area (Å²) in [5.74, 6) is -2.24. The van der Waals surface area contributed by atoms with Crippen LogP contribution in [0.5, 0.6) is 5.75 Å². The minimum atomic E-state index is -1.40. The van der Waals surface area contributed by atoms with Crippen LogP contribution >= 0.6 is 0 Å². The number of nitrogens with two attached hydrogens (primary N) is 1. The lowest BCUT2D eigenvalue weighted by molar-refractivity contribution is 0.0694. The predicted octanol–water partition coefficient (Wildman–Crippen LogP) is 4.24. The fraction of sp³-hybridized carbons (Fsp3) is 0.214. The number of fused-ring (bicyclic) bond motifs is 1. The fourth-order valence-corrected chi connectivity index (χ4v) is 4.89. The maximum absolute atomic E-state index is 15.4. The number of hydrogen-bond acceptors (Lipinski definition) is 5. The Hall–Kier alpha value is -4.24. The number of nitrogens with zero attached hydrogens (tertiary/aromatic N) is 2. The lowest BCUT2D eigenvalue weighted by Gasteiger charge is -2.24. The molecule has 9 heteroatoms. The van der Waals surface area contributed by atoms with Gasteiger partial charge >= 0.3 is 5.97 Å². The Morgan fingerprint density at radius 2 is 1.76 bits per heavy atom. The summed E-state index contributed by atoms with van der Waals surface area (Å²) in [5.41, 5.74) is 7.83. The Labute approximate surface area is 211 Å². The molecule has 0 unspecified atom stereocenters. The molecule has 0 radical (unpaired) electrons. The highest BCUT2D eigenvalue weighted by atomic mass is 19.1. The van der Waals surface area contributed by atoms with Crippen LogP contribution in [0, 0.1) is 11.6 Å². The van der Waals surface area contributed by atoms with Crippen molar-refractivity contribution in [2.75, 3.05) is 25.1 Å². The molecule has 1 saturated heterocycles. The van der Waals surface area contributed by atoms with E-state index >= 15 is 4.39 Å². The Morgan fingerprint density at radius 3 is 2.32 bits per heavy atom. The number of hydrogen-bond donors (Lipinski definition) is 2. The maximum atomic E-state index is 15.4. The smallest absolute Gasteiger partial charge is 0.341 e. The molecule has 3 N–H and O–H groups in total. The summed E-state index contributed by atoms with van der Waals surface area (Å²) in [6.45, 7) is 1.16. The van der Waals surface area contributed by atoms with E-state index in [1.807, 2.05) is 24.3 Å². The molecule has 2 heterocycles. The number of methoxy groups -OCH3 is 1. The number of aromatic nitrogens is 1. The minimum absolute atomic E-state index is 0.0792. The molecule has 7 nitrogen and oxygen atoms in total. The normalized spacial score (nSPS) is 15.4. The maximum Gasteiger partial charge on any atom is 0.341 e. The summed E-state index contributed by atoms with van der Waals surface area (Å²) >= 11 is 0. The topological polar surface area (TPSA) is 97.8 Å². The van der Waals surface area contributed by atoms with E-state index in [4.69, 9.17) is 10.5 Å². The SMILES string of the molecule is COc1c(N2CC[C@@H](N)C2)c(F)cc2c(=O)c(C(=O)O)cn(Cc3ccc(-c4ccc(F)cc4)cc3)c12. The van der Waals surface area contributed by atoms with Gasteiger partial charge < -0.3 is 25.0 Å². The minimum Gasteiger partial charge on any atom is -0.492 e. The molecule has 1 fully saturated rings. The molecule has 0 spiro atoms. The summed E-state index contributed by atoms with van der Waals surface area (Å²) in [5, 5.41) is 9.58. The van der Waals surface area contributed by atoms with Gasteiger partial charge in [-0.05, 0) is 41.3 Å². The van der Waals surface area contributed by atoms with Gasteiger partial charge in [0.2, 0.25) is 5.43 Å². The summed E-state index contributed by atoms with van der Waals surface area (Å²) in [7, 11) is 1.39. The third-order valence-corrected chi connectivity index (χ3v) is 6.70. The van der Waals surface area contributed by atoms with Crippen molar-refractivity contribution >= 4 is 22.6 Å². The van der Waals surface area contributed by atoms with Gasteiger partial charge in [0.1, 0.15) is 17.1 Å². The molecular formula is C28H25F2N3O4. The van der Waals surface area contributed by atoms with Crippen molar-refractivity contribution in [2.45, 2.75) is 19.0 Å². The first-order valence-corrected chi connectivity index (χ1v) is 11.8. The highest BCUT2D eigenvalue weighted by Crippen LogP contribution is 2.39. The van der Waals surface area contributed by atoms with Crippen LogP contribution in [0.4, 0.5) is 14.5 Å². The molecule has 4 aromatic rings. The van der Waals surface area contributed by atoms with Gasteiger partial charge in [-0.25, -0.2) is 13.6 Å². The van der Waals surface area contributed by atoms with Crippen LogP contribution in [0.25, 0.3) is 22.0 Å². The van der Waals surface area contributed by atoms with E-state index in [1.165, 1.54) is 25.4 Å². The first-order chi connectivity index (χ1) is 17.8. The van der Waals surface area contributed by atoms with E-state index in [1.54, 1.807) is 21.6 Å². The van der Waals surface area contributed by atoms with Gasteiger partial charge in [0.25, 0.3) is 0 Å². The van der Waals surface area contributed by atoms with E-state index < -0.39 is 22.8 Å². The zero-order valence-corrected chi connectivity index (χ0v) is 20.1. The van der Waals surface area contributed by atoms with E-state index in [0.717, 1.165) is 22.8 Å². The summed E-state index contributed by atoms with van der Waals surface area (Å²) in [4.78, 5) is 26.7. The van der Waals surface area contributed by atoms with Gasteiger partial charge in [0.05, 0.1) is 18.0 Å². The molecule has 1 aliphatic rings. The molecule has 0 saturated carbocycles. The number of carboxylic acid groups (broad SMARTS) is 1. The number of pyridine rings is 1. The molecule has 190 valence electrons. The number of anilines is 1. The van der Waals surface area contributed by atoms with Crippen LogP contribution in [-0.2, 0) is 6.54 Å². The van der Waals surface area contributed by atoms with Crippen LogP contribution in [0.1, 0.15) is 22.3 Å². The third-order valence-electron chi connectivity index (χ3n) is 6.70. The fourth-order valence-electron chi connectivity index (χ4n) is 4.89. The van der Waals surface area contributed by atoms with Crippen LogP contribution in [0.15, 0.2) is 65.6 Å². The molecule has 3 aromatic carbocycles. The van der Waals surface area contributed by atoms with Gasteiger partial charge in [-0.3, -0.25) is 4.79 Å². The average Bonchev–Trinajstić information content (AvgIpc) is 3.31. The molecule has 0 bridgehead atoms. The van der Waals surface area contributed by atoms with Crippen LogP contribution in [0.3, 0.4) is 0 Å². The van der Waals surface area contributed by atoms with Gasteiger partial charge in [0, 0.05) is 31.9 Å². The Kier molecular flexibility index (Phi) is 6.39. The molecule has 5 rings (SSSR count). The Balaban J connectivity index is 1.64. The number of carboxylic acids is 1. The largest absolute Gasteiger partial charge is 0.492 e. The second-order valence-electron chi connectivity index (χ2n) is 9.14. The number of rotatable bonds is 6. The predicted molar refractivity (Wildman–Crippen MR) is 137 cm³/mol. The number of ether oxygens (including phenoxy) is 1. The molecule has 0 amide bonds. The molecular weight excluding hydrogens is 480 g/mol. The van der Waals surface area contributed by atoms with Crippen molar-refractivity contribution in [3.63, 3.8) is 0 Å². The van der Waals surface area contributed by atoms with Crippen molar-refractivity contribution in [3.05, 3.63) is 93.8 Å². The summed E-state index contributed by atoms with van der Waals surface area (Å²) in [6.07, 6.45) is 1.95. The monoisotopic (exact) mass is 505 g/mol. The number of aromatic carboxylic acids is 1. The van der Waals surface area contributed by atoms with E-state index in [0.29, 0.717) is 25.0 Å². The molecule has 37 heavy (non-hydrogen) atoms. The quantitative estimate of drug-likeness (QED) is 0.407. The van der Waals surface area contributed by atoms with Gasteiger partial charge in [-0.15, -0.1) is 0 Å². The second kappa shape index (κ2) is 9.67. The van der Waals surface area contributed by atoms with Gasteiger partial charge in [0.15, 0.2) is 11.6 Å².